The smallest absolute Gasteiger partial charge is 0.290 e. The van der Waals surface area contributed by atoms with Crippen LogP contribution in [0.4, 0.5) is 0 Å². The molecule has 0 bridgehead atoms. The van der Waals surface area contributed by atoms with Gasteiger partial charge in [0, 0.05) is 32.6 Å². The van der Waals surface area contributed by atoms with E-state index in [1.807, 2.05) is 29.2 Å². The Morgan fingerprint density at radius 1 is 1.04 bits per heavy atom. The van der Waals surface area contributed by atoms with Gasteiger partial charge >= 0.3 is 0 Å². The quantitative estimate of drug-likeness (QED) is 0.892. The number of rotatable bonds is 2. The lowest BCUT2D eigenvalue weighted by Gasteiger charge is -2.38. The summed E-state index contributed by atoms with van der Waals surface area (Å²) in [5, 5.41) is 3.32. The maximum atomic E-state index is 13.3. The normalized spacial score (nSPS) is 20.4. The van der Waals surface area contributed by atoms with Gasteiger partial charge in [-0.1, -0.05) is 24.3 Å². The molecular formula is C20H23N3O3. The van der Waals surface area contributed by atoms with Crippen molar-refractivity contribution >= 4 is 11.8 Å². The van der Waals surface area contributed by atoms with Gasteiger partial charge in [0.2, 0.25) is 5.91 Å². The van der Waals surface area contributed by atoms with Gasteiger partial charge in [0.25, 0.3) is 5.91 Å². The third-order valence-electron chi connectivity index (χ3n) is 5.18. The number of carbonyl (C=O) groups is 2. The van der Waals surface area contributed by atoms with Gasteiger partial charge in [-0.25, -0.2) is 0 Å². The van der Waals surface area contributed by atoms with Gasteiger partial charge in [-0.15, -0.1) is 0 Å². The van der Waals surface area contributed by atoms with Crippen LogP contribution in [0.25, 0.3) is 0 Å². The van der Waals surface area contributed by atoms with Crippen LogP contribution in [0.15, 0.2) is 47.1 Å². The molecular weight excluding hydrogens is 330 g/mol. The van der Waals surface area contributed by atoms with Gasteiger partial charge in [-0.05, 0) is 36.2 Å². The van der Waals surface area contributed by atoms with Crippen molar-refractivity contribution in [3.05, 3.63) is 59.5 Å². The van der Waals surface area contributed by atoms with Gasteiger partial charge in [-0.3, -0.25) is 9.59 Å². The van der Waals surface area contributed by atoms with Gasteiger partial charge in [0.05, 0.1) is 6.26 Å². The molecule has 6 nitrogen and oxygen atoms in total. The first kappa shape index (κ1) is 16.8. The molecule has 2 aliphatic heterocycles. The molecule has 1 saturated heterocycles. The van der Waals surface area contributed by atoms with Crippen molar-refractivity contribution in [2.45, 2.75) is 25.4 Å². The van der Waals surface area contributed by atoms with Crippen LogP contribution in [-0.2, 0) is 17.8 Å². The Labute approximate surface area is 152 Å². The molecule has 2 amide bonds. The predicted molar refractivity (Wildman–Crippen MR) is 96.6 cm³/mol. The van der Waals surface area contributed by atoms with E-state index in [1.165, 1.54) is 6.26 Å². The molecule has 4 rings (SSSR count). The summed E-state index contributed by atoms with van der Waals surface area (Å²) in [4.78, 5) is 29.8. The van der Waals surface area contributed by atoms with Crippen molar-refractivity contribution in [2.75, 3.05) is 26.2 Å². The van der Waals surface area contributed by atoms with E-state index in [-0.39, 0.29) is 17.6 Å². The minimum absolute atomic E-state index is 0.0307. The van der Waals surface area contributed by atoms with Crippen LogP contribution in [0.3, 0.4) is 0 Å². The molecule has 1 unspecified atom stereocenters. The summed E-state index contributed by atoms with van der Waals surface area (Å²) in [5.41, 5.74) is 2.23. The molecule has 2 aliphatic rings. The van der Waals surface area contributed by atoms with Gasteiger partial charge in [0.1, 0.15) is 6.04 Å². The van der Waals surface area contributed by atoms with Crippen LogP contribution >= 0.6 is 0 Å². The summed E-state index contributed by atoms with van der Waals surface area (Å²) < 4.78 is 5.30. The minimum Gasteiger partial charge on any atom is -0.459 e. The first-order valence-corrected chi connectivity index (χ1v) is 9.15. The van der Waals surface area contributed by atoms with Gasteiger partial charge in [-0.2, -0.15) is 0 Å². The number of carbonyl (C=O) groups excluding carboxylic acids is 2. The molecule has 0 radical (unpaired) electrons. The van der Waals surface area contributed by atoms with Gasteiger partial charge in [0.15, 0.2) is 5.76 Å². The molecule has 0 saturated carbocycles. The molecule has 1 fully saturated rings. The Kier molecular flexibility index (Phi) is 4.75. The van der Waals surface area contributed by atoms with Crippen LogP contribution in [0.2, 0.25) is 0 Å². The number of hydrogen-bond acceptors (Lipinski definition) is 4. The Hall–Kier alpha value is -2.60. The van der Waals surface area contributed by atoms with Crippen molar-refractivity contribution in [3.63, 3.8) is 0 Å². The number of fused-ring (bicyclic) bond motifs is 1. The third kappa shape index (κ3) is 3.24. The van der Waals surface area contributed by atoms with Crippen LogP contribution in [-0.4, -0.2) is 53.8 Å². The Balaban J connectivity index is 1.64. The van der Waals surface area contributed by atoms with Crippen molar-refractivity contribution in [1.82, 2.24) is 15.1 Å². The molecule has 26 heavy (non-hydrogen) atoms. The highest BCUT2D eigenvalue weighted by molar-refractivity contribution is 5.96. The molecule has 2 aromatic rings. The van der Waals surface area contributed by atoms with Crippen LogP contribution in [0, 0.1) is 0 Å². The number of nitrogens with zero attached hydrogens (tertiary/aromatic N) is 2. The van der Waals surface area contributed by atoms with E-state index in [9.17, 15) is 9.59 Å². The zero-order valence-corrected chi connectivity index (χ0v) is 14.7. The van der Waals surface area contributed by atoms with Crippen molar-refractivity contribution in [3.8, 4) is 0 Å². The molecule has 0 aliphatic carbocycles. The first-order chi connectivity index (χ1) is 12.7. The summed E-state index contributed by atoms with van der Waals surface area (Å²) in [6.07, 6.45) is 2.97. The first-order valence-electron chi connectivity index (χ1n) is 9.15. The lowest BCUT2D eigenvalue weighted by atomic mass is 9.92. The second kappa shape index (κ2) is 7.33. The van der Waals surface area contributed by atoms with Crippen molar-refractivity contribution in [1.29, 1.82) is 0 Å². The molecule has 1 atom stereocenters. The minimum atomic E-state index is -0.486. The van der Waals surface area contributed by atoms with E-state index >= 15 is 0 Å². The third-order valence-corrected chi connectivity index (χ3v) is 5.18. The Morgan fingerprint density at radius 2 is 1.88 bits per heavy atom. The molecule has 1 N–H and O–H groups in total. The van der Waals surface area contributed by atoms with Crippen LogP contribution in [0.5, 0.6) is 0 Å². The average Bonchev–Trinajstić information content (AvgIpc) is 3.08. The molecule has 3 heterocycles. The zero-order chi connectivity index (χ0) is 17.9. The number of benzene rings is 1. The largest absolute Gasteiger partial charge is 0.459 e. The maximum absolute atomic E-state index is 13.3. The van der Waals surface area contributed by atoms with E-state index in [1.54, 1.807) is 17.0 Å². The fraction of sp³-hybridized carbons (Fsp3) is 0.400. The molecule has 6 heteroatoms. The summed E-state index contributed by atoms with van der Waals surface area (Å²) in [5.74, 6) is 0.0821. The summed E-state index contributed by atoms with van der Waals surface area (Å²) in [6.45, 7) is 3.55. The molecule has 136 valence electrons. The van der Waals surface area contributed by atoms with Crippen molar-refractivity contribution < 1.29 is 14.0 Å². The van der Waals surface area contributed by atoms with E-state index in [4.69, 9.17) is 4.42 Å². The predicted octanol–water partition coefficient (Wildman–Crippen LogP) is 1.67. The van der Waals surface area contributed by atoms with Gasteiger partial charge < -0.3 is 19.5 Å². The van der Waals surface area contributed by atoms with E-state index < -0.39 is 6.04 Å². The van der Waals surface area contributed by atoms with Crippen LogP contribution in [0.1, 0.15) is 28.1 Å². The van der Waals surface area contributed by atoms with Crippen LogP contribution < -0.4 is 5.32 Å². The van der Waals surface area contributed by atoms with Crippen molar-refractivity contribution in [2.24, 2.45) is 0 Å². The molecule has 1 aromatic carbocycles. The monoisotopic (exact) mass is 353 g/mol. The topological polar surface area (TPSA) is 65.8 Å². The SMILES string of the molecule is O=C(C1Cc2ccccc2CN1C(=O)c1ccco1)N1CCCNCC1. The zero-order valence-electron chi connectivity index (χ0n) is 14.7. The lowest BCUT2D eigenvalue weighted by molar-refractivity contribution is -0.136. The number of furan rings is 1. The highest BCUT2D eigenvalue weighted by atomic mass is 16.3. The lowest BCUT2D eigenvalue weighted by Crippen LogP contribution is -2.54. The van der Waals surface area contributed by atoms with E-state index in [2.05, 4.69) is 5.32 Å². The molecule has 0 spiro atoms. The summed E-state index contributed by atoms with van der Waals surface area (Å²) in [6, 6.07) is 10.9. The number of nitrogens with one attached hydrogen (secondary N) is 1. The molecule has 1 aromatic heterocycles. The summed E-state index contributed by atoms with van der Waals surface area (Å²) in [7, 11) is 0. The fourth-order valence-electron chi connectivity index (χ4n) is 3.78. The second-order valence-corrected chi connectivity index (χ2v) is 6.83. The van der Waals surface area contributed by atoms with E-state index in [0.29, 0.717) is 19.5 Å². The van der Waals surface area contributed by atoms with E-state index in [0.717, 1.165) is 37.2 Å². The highest BCUT2D eigenvalue weighted by Gasteiger charge is 2.38. The summed E-state index contributed by atoms with van der Waals surface area (Å²) >= 11 is 0. The Morgan fingerprint density at radius 3 is 2.69 bits per heavy atom. The fourth-order valence-corrected chi connectivity index (χ4v) is 3.78. The Bertz CT molecular complexity index is 779. The number of amides is 2. The number of hydrogen-bond donors (Lipinski definition) is 1. The second-order valence-electron chi connectivity index (χ2n) is 6.83. The standard InChI is InChI=1S/C20H23N3O3/c24-19(22-10-4-8-21-9-11-22)17-13-15-5-1-2-6-16(15)14-23(17)20(25)18-7-3-12-26-18/h1-3,5-7,12,17,21H,4,8-11,13-14H2. The maximum Gasteiger partial charge on any atom is 0.290 e. The highest BCUT2D eigenvalue weighted by Crippen LogP contribution is 2.26. The average molecular weight is 353 g/mol.